The van der Waals surface area contributed by atoms with Crippen molar-refractivity contribution in [3.05, 3.63) is 16.5 Å². The van der Waals surface area contributed by atoms with Gasteiger partial charge in [-0.3, -0.25) is 4.79 Å². The van der Waals surface area contributed by atoms with Crippen LogP contribution in [0, 0.1) is 17.2 Å². The number of aryl methyl sites for hydroxylation is 1. The molecule has 2 rings (SSSR count). The number of rotatable bonds is 5. The summed E-state index contributed by atoms with van der Waals surface area (Å²) in [5, 5.41) is 12.5. The number of amides is 1. The third kappa shape index (κ3) is 2.71. The summed E-state index contributed by atoms with van der Waals surface area (Å²) in [5.41, 5.74) is 0.538. The van der Waals surface area contributed by atoms with Gasteiger partial charge in [0.25, 0.3) is 5.91 Å². The summed E-state index contributed by atoms with van der Waals surface area (Å²) >= 11 is 1.46. The summed E-state index contributed by atoms with van der Waals surface area (Å²) < 4.78 is 5.22. The smallest absolute Gasteiger partial charge is 0.254 e. The minimum absolute atomic E-state index is 0.138. The SMILES string of the molecule is CCc1cc(C#N)c(NC(=O)[C@@H](OC)C2CC2)s1. The van der Waals surface area contributed by atoms with Crippen molar-refractivity contribution in [3.8, 4) is 6.07 Å². The number of carbonyl (C=O) groups excluding carboxylic acids is 1. The van der Waals surface area contributed by atoms with E-state index < -0.39 is 0 Å². The third-order valence-corrected chi connectivity index (χ3v) is 4.25. The van der Waals surface area contributed by atoms with Crippen LogP contribution in [0.5, 0.6) is 0 Å². The molecule has 1 aromatic rings. The Hall–Kier alpha value is -1.38. The third-order valence-electron chi connectivity index (χ3n) is 3.05. The molecule has 18 heavy (non-hydrogen) atoms. The van der Waals surface area contributed by atoms with Gasteiger partial charge < -0.3 is 10.1 Å². The van der Waals surface area contributed by atoms with Gasteiger partial charge in [0.1, 0.15) is 17.2 Å². The number of ether oxygens (including phenoxy) is 1. The van der Waals surface area contributed by atoms with Gasteiger partial charge in [-0.05, 0) is 31.2 Å². The summed E-state index contributed by atoms with van der Waals surface area (Å²) in [6.45, 7) is 2.03. The summed E-state index contributed by atoms with van der Waals surface area (Å²) in [6, 6.07) is 3.94. The molecule has 1 aromatic heterocycles. The van der Waals surface area contributed by atoms with Crippen molar-refractivity contribution in [2.24, 2.45) is 5.92 Å². The van der Waals surface area contributed by atoms with Gasteiger partial charge in [-0.15, -0.1) is 11.3 Å². The second-order valence-electron chi connectivity index (χ2n) is 4.40. The Balaban J connectivity index is 2.10. The van der Waals surface area contributed by atoms with Gasteiger partial charge in [0.05, 0.1) is 5.56 Å². The van der Waals surface area contributed by atoms with E-state index in [4.69, 9.17) is 10.00 Å². The quantitative estimate of drug-likeness (QED) is 0.889. The molecule has 1 fully saturated rings. The first-order valence-corrected chi connectivity index (χ1v) is 6.87. The average molecular weight is 264 g/mol. The van der Waals surface area contributed by atoms with Crippen molar-refractivity contribution in [1.29, 1.82) is 5.26 Å². The van der Waals surface area contributed by atoms with E-state index in [1.54, 1.807) is 7.11 Å². The number of methoxy groups -OCH3 is 1. The standard InChI is InChI=1S/C13H16N2O2S/c1-3-10-6-9(7-14)13(18-10)15-12(16)11(17-2)8-4-5-8/h6,8,11H,3-5H2,1-2H3,(H,15,16)/t11-/m0/s1. The number of nitriles is 1. The molecule has 1 N–H and O–H groups in total. The van der Waals surface area contributed by atoms with Crippen molar-refractivity contribution in [2.75, 3.05) is 12.4 Å². The largest absolute Gasteiger partial charge is 0.371 e. The Labute approximate surface area is 111 Å². The van der Waals surface area contributed by atoms with Crippen LogP contribution in [-0.2, 0) is 16.0 Å². The molecule has 1 amide bonds. The van der Waals surface area contributed by atoms with E-state index in [1.807, 2.05) is 13.0 Å². The Morgan fingerprint density at radius 2 is 2.44 bits per heavy atom. The molecule has 0 bridgehead atoms. The average Bonchev–Trinajstić information content (AvgIpc) is 3.11. The molecule has 0 spiro atoms. The molecule has 0 aromatic carbocycles. The van der Waals surface area contributed by atoms with Crippen LogP contribution in [0.3, 0.4) is 0 Å². The first kappa shape index (κ1) is 13.1. The number of hydrogen-bond donors (Lipinski definition) is 1. The van der Waals surface area contributed by atoms with E-state index in [9.17, 15) is 4.79 Å². The van der Waals surface area contributed by atoms with Crippen molar-refractivity contribution in [1.82, 2.24) is 0 Å². The lowest BCUT2D eigenvalue weighted by molar-refractivity contribution is -0.126. The molecular weight excluding hydrogens is 248 g/mol. The monoisotopic (exact) mass is 264 g/mol. The maximum Gasteiger partial charge on any atom is 0.254 e. The first-order valence-electron chi connectivity index (χ1n) is 6.06. The number of anilines is 1. The Kier molecular flexibility index (Phi) is 4.00. The van der Waals surface area contributed by atoms with E-state index in [0.29, 0.717) is 16.5 Å². The molecule has 4 nitrogen and oxygen atoms in total. The van der Waals surface area contributed by atoms with Crippen molar-refractivity contribution < 1.29 is 9.53 Å². The maximum absolute atomic E-state index is 12.1. The lowest BCUT2D eigenvalue weighted by atomic mass is 10.2. The summed E-state index contributed by atoms with van der Waals surface area (Å²) in [7, 11) is 1.56. The van der Waals surface area contributed by atoms with E-state index in [0.717, 1.165) is 24.1 Å². The zero-order chi connectivity index (χ0) is 13.1. The van der Waals surface area contributed by atoms with Crippen molar-refractivity contribution >= 4 is 22.2 Å². The van der Waals surface area contributed by atoms with Gasteiger partial charge in [0.15, 0.2) is 0 Å². The highest BCUT2D eigenvalue weighted by molar-refractivity contribution is 7.16. The zero-order valence-electron chi connectivity index (χ0n) is 10.5. The topological polar surface area (TPSA) is 62.1 Å². The molecule has 1 heterocycles. The highest BCUT2D eigenvalue weighted by atomic mass is 32.1. The minimum atomic E-state index is -0.385. The number of nitrogens with zero attached hydrogens (tertiary/aromatic N) is 1. The van der Waals surface area contributed by atoms with Gasteiger partial charge in [-0.1, -0.05) is 6.92 Å². The van der Waals surface area contributed by atoms with Crippen LogP contribution >= 0.6 is 11.3 Å². The second kappa shape index (κ2) is 5.51. The molecule has 0 saturated heterocycles. The number of nitrogens with one attached hydrogen (secondary N) is 1. The van der Waals surface area contributed by atoms with Crippen LogP contribution in [0.15, 0.2) is 6.07 Å². The maximum atomic E-state index is 12.1. The molecule has 1 atom stereocenters. The second-order valence-corrected chi connectivity index (χ2v) is 5.54. The number of carbonyl (C=O) groups is 1. The van der Waals surface area contributed by atoms with E-state index in [1.165, 1.54) is 11.3 Å². The summed E-state index contributed by atoms with van der Waals surface area (Å²) in [6.07, 6.45) is 2.57. The Morgan fingerprint density at radius 3 is 2.94 bits per heavy atom. The molecule has 1 aliphatic carbocycles. The van der Waals surface area contributed by atoms with Gasteiger partial charge in [0, 0.05) is 12.0 Å². The van der Waals surface area contributed by atoms with Gasteiger partial charge in [-0.2, -0.15) is 5.26 Å². The van der Waals surface area contributed by atoms with E-state index in [-0.39, 0.29) is 12.0 Å². The predicted octanol–water partition coefficient (Wildman–Crippen LogP) is 2.55. The first-order chi connectivity index (χ1) is 8.69. The molecule has 96 valence electrons. The van der Waals surface area contributed by atoms with Gasteiger partial charge >= 0.3 is 0 Å². The van der Waals surface area contributed by atoms with Gasteiger partial charge in [0.2, 0.25) is 0 Å². The van der Waals surface area contributed by atoms with Crippen LogP contribution in [0.2, 0.25) is 0 Å². The van der Waals surface area contributed by atoms with Crippen LogP contribution in [0.25, 0.3) is 0 Å². The molecule has 0 aliphatic heterocycles. The Morgan fingerprint density at radius 1 is 1.72 bits per heavy atom. The van der Waals surface area contributed by atoms with Crippen LogP contribution < -0.4 is 5.32 Å². The fraction of sp³-hybridized carbons (Fsp3) is 0.538. The fourth-order valence-electron chi connectivity index (χ4n) is 1.89. The minimum Gasteiger partial charge on any atom is -0.371 e. The molecular formula is C13H16N2O2S. The Bertz CT molecular complexity index is 486. The predicted molar refractivity (Wildman–Crippen MR) is 70.6 cm³/mol. The number of hydrogen-bond acceptors (Lipinski definition) is 4. The highest BCUT2D eigenvalue weighted by Gasteiger charge is 2.36. The van der Waals surface area contributed by atoms with E-state index in [2.05, 4.69) is 11.4 Å². The molecule has 5 heteroatoms. The normalized spacial score (nSPS) is 16.1. The molecule has 0 unspecified atom stereocenters. The molecule has 1 aliphatic rings. The lowest BCUT2D eigenvalue weighted by Gasteiger charge is -2.13. The zero-order valence-corrected chi connectivity index (χ0v) is 11.3. The van der Waals surface area contributed by atoms with Crippen LogP contribution in [-0.4, -0.2) is 19.1 Å². The van der Waals surface area contributed by atoms with E-state index >= 15 is 0 Å². The van der Waals surface area contributed by atoms with Crippen LogP contribution in [0.4, 0.5) is 5.00 Å². The molecule has 1 saturated carbocycles. The van der Waals surface area contributed by atoms with Crippen LogP contribution in [0.1, 0.15) is 30.2 Å². The lowest BCUT2D eigenvalue weighted by Crippen LogP contribution is -2.31. The summed E-state index contributed by atoms with van der Waals surface area (Å²) in [5.74, 6) is 0.201. The fourth-order valence-corrected chi connectivity index (χ4v) is 2.84. The summed E-state index contributed by atoms with van der Waals surface area (Å²) in [4.78, 5) is 13.2. The van der Waals surface area contributed by atoms with Gasteiger partial charge in [-0.25, -0.2) is 0 Å². The number of thiophene rings is 1. The highest BCUT2D eigenvalue weighted by Crippen LogP contribution is 2.35. The molecule has 0 radical (unpaired) electrons. The van der Waals surface area contributed by atoms with Crippen molar-refractivity contribution in [2.45, 2.75) is 32.3 Å². The van der Waals surface area contributed by atoms with Crippen molar-refractivity contribution in [3.63, 3.8) is 0 Å².